The van der Waals surface area contributed by atoms with Crippen molar-refractivity contribution in [3.05, 3.63) is 65.5 Å². The van der Waals surface area contributed by atoms with Crippen molar-refractivity contribution in [1.82, 2.24) is 4.90 Å². The van der Waals surface area contributed by atoms with Crippen molar-refractivity contribution in [2.45, 2.75) is 19.8 Å². The van der Waals surface area contributed by atoms with E-state index in [0.717, 1.165) is 18.4 Å². The van der Waals surface area contributed by atoms with Crippen LogP contribution in [-0.2, 0) is 4.79 Å². The van der Waals surface area contributed by atoms with Gasteiger partial charge in [0.25, 0.3) is 0 Å². The highest BCUT2D eigenvalue weighted by atomic mass is 19.1. The number of piperidine rings is 1. The van der Waals surface area contributed by atoms with Gasteiger partial charge in [-0.25, -0.2) is 4.39 Å². The van der Waals surface area contributed by atoms with E-state index in [1.807, 2.05) is 35.2 Å². The van der Waals surface area contributed by atoms with Gasteiger partial charge in [-0.1, -0.05) is 36.4 Å². The Morgan fingerprint density at radius 1 is 1.12 bits per heavy atom. The Bertz CT molecular complexity index is 784. The third kappa shape index (κ3) is 4.55. The maximum Gasteiger partial charge on any atom is 0.238 e. The molecular weight excluding hydrogens is 331 g/mol. The molecule has 0 bridgehead atoms. The van der Waals surface area contributed by atoms with E-state index >= 15 is 0 Å². The summed E-state index contributed by atoms with van der Waals surface area (Å²) in [5.74, 6) is -0.295. The number of aryl methyl sites for hydroxylation is 1. The number of carbonyl (C=O) groups is 2. The molecule has 0 aromatic heterocycles. The predicted molar refractivity (Wildman–Crippen MR) is 99.7 cm³/mol. The third-order valence-electron chi connectivity index (χ3n) is 4.84. The van der Waals surface area contributed by atoms with Crippen LogP contribution in [0.4, 0.5) is 10.1 Å². The second-order valence-corrected chi connectivity index (χ2v) is 6.79. The van der Waals surface area contributed by atoms with Crippen LogP contribution < -0.4 is 5.32 Å². The van der Waals surface area contributed by atoms with E-state index in [1.165, 1.54) is 6.07 Å². The lowest BCUT2D eigenvalue weighted by atomic mass is 9.89. The Balaban J connectivity index is 1.48. The summed E-state index contributed by atoms with van der Waals surface area (Å²) in [5, 5.41) is 2.73. The fourth-order valence-electron chi connectivity index (χ4n) is 3.27. The van der Waals surface area contributed by atoms with Crippen LogP contribution in [0.3, 0.4) is 0 Å². The molecule has 0 spiro atoms. The van der Waals surface area contributed by atoms with Gasteiger partial charge in [-0.15, -0.1) is 0 Å². The molecule has 0 atom stereocenters. The Hall–Kier alpha value is -2.53. The summed E-state index contributed by atoms with van der Waals surface area (Å²) in [4.78, 5) is 26.7. The maximum atomic E-state index is 13.6. The Morgan fingerprint density at radius 2 is 1.81 bits per heavy atom. The van der Waals surface area contributed by atoms with Crippen LogP contribution in [0, 0.1) is 18.7 Å². The highest BCUT2D eigenvalue weighted by molar-refractivity contribution is 5.98. The summed E-state index contributed by atoms with van der Waals surface area (Å²) >= 11 is 0. The van der Waals surface area contributed by atoms with E-state index < -0.39 is 0 Å². The molecule has 2 aromatic rings. The molecule has 136 valence electrons. The summed E-state index contributed by atoms with van der Waals surface area (Å²) in [6.45, 7) is 3.35. The molecule has 5 heteroatoms. The van der Waals surface area contributed by atoms with E-state index in [0.29, 0.717) is 24.3 Å². The van der Waals surface area contributed by atoms with Gasteiger partial charge in [0, 0.05) is 17.2 Å². The molecule has 2 aromatic carbocycles. The molecule has 1 saturated heterocycles. The average molecular weight is 354 g/mol. The molecule has 0 aliphatic carbocycles. The average Bonchev–Trinajstić information content (AvgIpc) is 2.65. The van der Waals surface area contributed by atoms with E-state index in [-0.39, 0.29) is 30.0 Å². The number of ketones is 1. The fourth-order valence-corrected chi connectivity index (χ4v) is 3.27. The van der Waals surface area contributed by atoms with Gasteiger partial charge in [-0.05, 0) is 50.6 Å². The number of hydrogen-bond donors (Lipinski definition) is 1. The first-order valence-electron chi connectivity index (χ1n) is 8.90. The summed E-state index contributed by atoms with van der Waals surface area (Å²) in [7, 11) is 0. The number of benzene rings is 2. The van der Waals surface area contributed by atoms with E-state index in [2.05, 4.69) is 5.32 Å². The SMILES string of the molecule is Cc1ccc(NC(=O)CN2CCC(C(=O)c3ccccc3)CC2)cc1F. The molecule has 1 aliphatic heterocycles. The van der Waals surface area contributed by atoms with Crippen LogP contribution in [0.25, 0.3) is 0 Å². The molecule has 1 fully saturated rings. The molecule has 4 nitrogen and oxygen atoms in total. The summed E-state index contributed by atoms with van der Waals surface area (Å²) in [5.41, 5.74) is 1.77. The van der Waals surface area contributed by atoms with Crippen LogP contribution in [-0.4, -0.2) is 36.2 Å². The standard InChI is InChI=1S/C21H23FN2O2/c1-15-7-8-18(13-19(15)22)23-20(25)14-24-11-9-17(10-12-24)21(26)16-5-3-2-4-6-16/h2-8,13,17H,9-12,14H2,1H3,(H,23,25). The number of rotatable bonds is 5. The first kappa shape index (κ1) is 18.3. The minimum Gasteiger partial charge on any atom is -0.325 e. The maximum absolute atomic E-state index is 13.6. The summed E-state index contributed by atoms with van der Waals surface area (Å²) < 4.78 is 13.6. The number of hydrogen-bond acceptors (Lipinski definition) is 3. The van der Waals surface area contributed by atoms with Gasteiger partial charge >= 0.3 is 0 Å². The van der Waals surface area contributed by atoms with Crippen molar-refractivity contribution in [2.24, 2.45) is 5.92 Å². The zero-order valence-corrected chi connectivity index (χ0v) is 14.9. The number of Topliss-reactive ketones (excluding diaryl/α,β-unsaturated/α-hetero) is 1. The number of likely N-dealkylation sites (tertiary alicyclic amines) is 1. The van der Waals surface area contributed by atoms with Gasteiger partial charge in [0.05, 0.1) is 6.54 Å². The van der Waals surface area contributed by atoms with Crippen LogP contribution in [0.5, 0.6) is 0 Å². The molecule has 1 aliphatic rings. The molecule has 0 unspecified atom stereocenters. The molecule has 0 saturated carbocycles. The van der Waals surface area contributed by atoms with Crippen molar-refractivity contribution >= 4 is 17.4 Å². The number of anilines is 1. The van der Waals surface area contributed by atoms with Gasteiger partial charge in [-0.3, -0.25) is 14.5 Å². The topological polar surface area (TPSA) is 49.4 Å². The van der Waals surface area contributed by atoms with Gasteiger partial charge in [0.15, 0.2) is 5.78 Å². The number of halogens is 1. The van der Waals surface area contributed by atoms with Crippen molar-refractivity contribution in [3.8, 4) is 0 Å². The van der Waals surface area contributed by atoms with Crippen LogP contribution in [0.2, 0.25) is 0 Å². The minimum atomic E-state index is -0.331. The second kappa shape index (κ2) is 8.23. The Kier molecular flexibility index (Phi) is 5.78. The van der Waals surface area contributed by atoms with Crippen molar-refractivity contribution in [3.63, 3.8) is 0 Å². The predicted octanol–water partition coefficient (Wildman–Crippen LogP) is 3.67. The summed E-state index contributed by atoms with van der Waals surface area (Å²) in [6, 6.07) is 14.0. The largest absolute Gasteiger partial charge is 0.325 e. The zero-order valence-electron chi connectivity index (χ0n) is 14.9. The monoisotopic (exact) mass is 354 g/mol. The quantitative estimate of drug-likeness (QED) is 0.834. The number of nitrogens with zero attached hydrogens (tertiary/aromatic N) is 1. The van der Waals surface area contributed by atoms with E-state index in [9.17, 15) is 14.0 Å². The molecular formula is C21H23FN2O2. The third-order valence-corrected chi connectivity index (χ3v) is 4.84. The normalized spacial score (nSPS) is 15.6. The Labute approximate surface area is 153 Å². The molecule has 26 heavy (non-hydrogen) atoms. The molecule has 1 N–H and O–H groups in total. The smallest absolute Gasteiger partial charge is 0.238 e. The minimum absolute atomic E-state index is 0.0166. The van der Waals surface area contributed by atoms with Crippen molar-refractivity contribution < 1.29 is 14.0 Å². The Morgan fingerprint density at radius 3 is 2.46 bits per heavy atom. The highest BCUT2D eigenvalue weighted by Gasteiger charge is 2.26. The van der Waals surface area contributed by atoms with Gasteiger partial charge < -0.3 is 5.32 Å². The molecule has 3 rings (SSSR count). The van der Waals surface area contributed by atoms with E-state index in [1.54, 1.807) is 19.1 Å². The van der Waals surface area contributed by atoms with Crippen LogP contribution in [0.15, 0.2) is 48.5 Å². The van der Waals surface area contributed by atoms with Crippen LogP contribution >= 0.6 is 0 Å². The summed E-state index contributed by atoms with van der Waals surface area (Å²) in [6.07, 6.45) is 1.50. The van der Waals surface area contributed by atoms with Crippen molar-refractivity contribution in [1.29, 1.82) is 0 Å². The lowest BCUT2D eigenvalue weighted by Crippen LogP contribution is -2.40. The zero-order chi connectivity index (χ0) is 18.5. The first-order chi connectivity index (χ1) is 12.5. The number of amides is 1. The lowest BCUT2D eigenvalue weighted by Gasteiger charge is -2.30. The molecule has 1 amide bonds. The van der Waals surface area contributed by atoms with Gasteiger partial charge in [0.2, 0.25) is 5.91 Å². The number of carbonyl (C=O) groups excluding carboxylic acids is 2. The van der Waals surface area contributed by atoms with Crippen molar-refractivity contribution in [2.75, 3.05) is 25.0 Å². The number of nitrogens with one attached hydrogen (secondary N) is 1. The molecule has 0 radical (unpaired) electrons. The highest BCUT2D eigenvalue weighted by Crippen LogP contribution is 2.22. The second-order valence-electron chi connectivity index (χ2n) is 6.79. The first-order valence-corrected chi connectivity index (χ1v) is 8.90. The van der Waals surface area contributed by atoms with Crippen LogP contribution in [0.1, 0.15) is 28.8 Å². The van der Waals surface area contributed by atoms with E-state index in [4.69, 9.17) is 0 Å². The fraction of sp³-hybridized carbons (Fsp3) is 0.333. The lowest BCUT2D eigenvalue weighted by molar-refractivity contribution is -0.117. The molecule has 1 heterocycles. The van der Waals surface area contributed by atoms with Gasteiger partial charge in [0.1, 0.15) is 5.82 Å². The van der Waals surface area contributed by atoms with Gasteiger partial charge in [-0.2, -0.15) is 0 Å².